The molecule has 0 unspecified atom stereocenters. The Morgan fingerprint density at radius 1 is 1.00 bits per heavy atom. The first-order chi connectivity index (χ1) is 13.2. The topological polar surface area (TPSA) is 73.9 Å². The summed E-state index contributed by atoms with van der Waals surface area (Å²) in [6.07, 6.45) is -0.942. The number of hydrogen-bond donors (Lipinski definition) is 1. The van der Waals surface area contributed by atoms with Gasteiger partial charge in [-0.05, 0) is 48.2 Å². The molecular weight excluding hydrogens is 358 g/mol. The van der Waals surface area contributed by atoms with Crippen molar-refractivity contribution in [3.8, 4) is 11.5 Å². The molecule has 1 N–H and O–H groups in total. The molecule has 0 spiro atoms. The highest BCUT2D eigenvalue weighted by atomic mass is 16.6. The minimum atomic E-state index is -0.942. The summed E-state index contributed by atoms with van der Waals surface area (Å²) >= 11 is 0. The number of ether oxygens (including phenoxy) is 3. The Labute approximate surface area is 164 Å². The van der Waals surface area contributed by atoms with E-state index in [1.54, 1.807) is 18.2 Å². The van der Waals surface area contributed by atoms with Gasteiger partial charge in [0.25, 0.3) is 5.91 Å². The van der Waals surface area contributed by atoms with E-state index < -0.39 is 18.0 Å². The van der Waals surface area contributed by atoms with E-state index in [0.717, 1.165) is 0 Å². The van der Waals surface area contributed by atoms with Gasteiger partial charge in [-0.15, -0.1) is 0 Å². The molecule has 0 radical (unpaired) electrons. The van der Waals surface area contributed by atoms with Crippen LogP contribution in [0.1, 0.15) is 43.6 Å². The summed E-state index contributed by atoms with van der Waals surface area (Å²) in [6.45, 7) is 8.82. The van der Waals surface area contributed by atoms with Crippen molar-refractivity contribution in [3.05, 3.63) is 53.6 Å². The van der Waals surface area contributed by atoms with Gasteiger partial charge >= 0.3 is 5.97 Å². The Bertz CT molecular complexity index is 867. The minimum absolute atomic E-state index is 0.0367. The van der Waals surface area contributed by atoms with Crippen molar-refractivity contribution < 1.29 is 23.8 Å². The van der Waals surface area contributed by atoms with Gasteiger partial charge in [0.2, 0.25) is 0 Å². The van der Waals surface area contributed by atoms with E-state index in [4.69, 9.17) is 14.2 Å². The van der Waals surface area contributed by atoms with Crippen LogP contribution in [0.4, 0.5) is 5.69 Å². The van der Waals surface area contributed by atoms with Gasteiger partial charge in [-0.1, -0.05) is 32.9 Å². The Morgan fingerprint density at radius 3 is 2.29 bits per heavy atom. The maximum atomic E-state index is 12.4. The van der Waals surface area contributed by atoms with E-state index in [9.17, 15) is 9.59 Å². The van der Waals surface area contributed by atoms with Gasteiger partial charge in [0.15, 0.2) is 17.6 Å². The molecular formula is C22H25NO5. The third kappa shape index (κ3) is 4.63. The smallest absolute Gasteiger partial charge is 0.339 e. The summed E-state index contributed by atoms with van der Waals surface area (Å²) in [7, 11) is 0. The molecule has 2 aromatic rings. The Morgan fingerprint density at radius 2 is 1.64 bits per heavy atom. The Kier molecular flexibility index (Phi) is 5.58. The molecule has 0 aromatic heterocycles. The number of rotatable bonds is 4. The molecule has 1 aliphatic heterocycles. The van der Waals surface area contributed by atoms with Crippen molar-refractivity contribution in [2.45, 2.75) is 39.2 Å². The van der Waals surface area contributed by atoms with Crippen LogP contribution in [0.3, 0.4) is 0 Å². The molecule has 1 heterocycles. The van der Waals surface area contributed by atoms with Gasteiger partial charge in [-0.25, -0.2) is 4.79 Å². The molecule has 0 saturated carbocycles. The van der Waals surface area contributed by atoms with Crippen LogP contribution in [0.25, 0.3) is 0 Å². The lowest BCUT2D eigenvalue weighted by molar-refractivity contribution is -0.123. The molecule has 1 amide bonds. The first kappa shape index (κ1) is 19.7. The SMILES string of the molecule is C[C@@H](OC(=O)c1ccc2c(c1)OCCO2)C(=O)Nc1ccc(C(C)(C)C)cc1. The van der Waals surface area contributed by atoms with Crippen LogP contribution in [0.15, 0.2) is 42.5 Å². The summed E-state index contributed by atoms with van der Waals surface area (Å²) in [4.78, 5) is 24.7. The van der Waals surface area contributed by atoms with Crippen LogP contribution >= 0.6 is 0 Å². The van der Waals surface area contributed by atoms with Gasteiger partial charge in [0.1, 0.15) is 13.2 Å². The van der Waals surface area contributed by atoms with Crippen LogP contribution in [0.2, 0.25) is 0 Å². The van der Waals surface area contributed by atoms with Crippen LogP contribution < -0.4 is 14.8 Å². The van der Waals surface area contributed by atoms with E-state index >= 15 is 0 Å². The number of benzene rings is 2. The van der Waals surface area contributed by atoms with E-state index in [1.807, 2.05) is 24.3 Å². The lowest BCUT2D eigenvalue weighted by Gasteiger charge is -2.20. The average molecular weight is 383 g/mol. The molecule has 6 heteroatoms. The van der Waals surface area contributed by atoms with Crippen LogP contribution in [0, 0.1) is 0 Å². The van der Waals surface area contributed by atoms with Gasteiger partial charge in [-0.2, -0.15) is 0 Å². The fourth-order valence-electron chi connectivity index (χ4n) is 2.75. The second kappa shape index (κ2) is 7.92. The average Bonchev–Trinajstić information content (AvgIpc) is 2.67. The van der Waals surface area contributed by atoms with Crippen molar-refractivity contribution in [3.63, 3.8) is 0 Å². The highest BCUT2D eigenvalue weighted by Gasteiger charge is 2.21. The summed E-state index contributed by atoms with van der Waals surface area (Å²) in [5, 5.41) is 2.77. The molecule has 0 bridgehead atoms. The third-order valence-corrected chi connectivity index (χ3v) is 4.45. The lowest BCUT2D eigenvalue weighted by Crippen LogP contribution is -2.30. The van der Waals surface area contributed by atoms with Gasteiger partial charge < -0.3 is 19.5 Å². The van der Waals surface area contributed by atoms with Crippen molar-refractivity contribution >= 4 is 17.6 Å². The number of carbonyl (C=O) groups excluding carboxylic acids is 2. The fourth-order valence-corrected chi connectivity index (χ4v) is 2.75. The zero-order chi connectivity index (χ0) is 20.3. The Balaban J connectivity index is 1.60. The second-order valence-electron chi connectivity index (χ2n) is 7.72. The van der Waals surface area contributed by atoms with E-state index in [2.05, 4.69) is 26.1 Å². The third-order valence-electron chi connectivity index (χ3n) is 4.45. The molecule has 6 nitrogen and oxygen atoms in total. The number of amides is 1. The second-order valence-corrected chi connectivity index (χ2v) is 7.72. The maximum Gasteiger partial charge on any atom is 0.339 e. The molecule has 148 valence electrons. The molecule has 28 heavy (non-hydrogen) atoms. The summed E-state index contributed by atoms with van der Waals surface area (Å²) < 4.78 is 16.2. The molecule has 0 fully saturated rings. The van der Waals surface area contributed by atoms with Crippen molar-refractivity contribution in [1.82, 2.24) is 0 Å². The number of hydrogen-bond acceptors (Lipinski definition) is 5. The van der Waals surface area contributed by atoms with Crippen LogP contribution in [-0.2, 0) is 14.9 Å². The highest BCUT2D eigenvalue weighted by Crippen LogP contribution is 2.31. The standard InChI is InChI=1S/C22H25NO5/c1-14(20(24)23-17-8-6-16(7-9-17)22(2,3)4)28-21(25)15-5-10-18-19(13-15)27-12-11-26-18/h5-10,13-14H,11-12H2,1-4H3,(H,23,24)/t14-/m1/s1. The predicted octanol–water partition coefficient (Wildman–Crippen LogP) is 3.94. The summed E-state index contributed by atoms with van der Waals surface area (Å²) in [6, 6.07) is 12.4. The normalized spacial score (nSPS) is 14.1. The van der Waals surface area contributed by atoms with E-state index in [-0.39, 0.29) is 5.41 Å². The summed E-state index contributed by atoms with van der Waals surface area (Å²) in [5.41, 5.74) is 2.16. The monoisotopic (exact) mass is 383 g/mol. The number of anilines is 1. The first-order valence-electron chi connectivity index (χ1n) is 9.26. The van der Waals surface area contributed by atoms with Gasteiger partial charge in [0.05, 0.1) is 5.56 Å². The number of fused-ring (bicyclic) bond motifs is 1. The van der Waals surface area contributed by atoms with Crippen molar-refractivity contribution in [2.75, 3.05) is 18.5 Å². The zero-order valence-electron chi connectivity index (χ0n) is 16.6. The molecule has 2 aromatic carbocycles. The Hall–Kier alpha value is -3.02. The van der Waals surface area contributed by atoms with Crippen LogP contribution in [0.5, 0.6) is 11.5 Å². The molecule has 0 saturated heterocycles. The van der Waals surface area contributed by atoms with Crippen molar-refractivity contribution in [1.29, 1.82) is 0 Å². The molecule has 0 aliphatic carbocycles. The molecule has 1 atom stereocenters. The number of nitrogens with one attached hydrogen (secondary N) is 1. The minimum Gasteiger partial charge on any atom is -0.486 e. The zero-order valence-corrected chi connectivity index (χ0v) is 16.6. The number of esters is 1. The molecule has 3 rings (SSSR count). The number of carbonyl (C=O) groups is 2. The predicted molar refractivity (Wildman–Crippen MR) is 106 cm³/mol. The lowest BCUT2D eigenvalue weighted by atomic mass is 9.87. The van der Waals surface area contributed by atoms with Gasteiger partial charge in [-0.3, -0.25) is 4.79 Å². The van der Waals surface area contributed by atoms with Gasteiger partial charge in [0, 0.05) is 5.69 Å². The quantitative estimate of drug-likeness (QED) is 0.810. The largest absolute Gasteiger partial charge is 0.486 e. The van der Waals surface area contributed by atoms with E-state index in [0.29, 0.717) is 36.0 Å². The highest BCUT2D eigenvalue weighted by molar-refractivity contribution is 5.97. The maximum absolute atomic E-state index is 12.4. The summed E-state index contributed by atoms with van der Waals surface area (Å²) in [5.74, 6) is 0.0983. The van der Waals surface area contributed by atoms with Crippen LogP contribution in [-0.4, -0.2) is 31.2 Å². The van der Waals surface area contributed by atoms with E-state index in [1.165, 1.54) is 12.5 Å². The van der Waals surface area contributed by atoms with Crippen molar-refractivity contribution in [2.24, 2.45) is 0 Å². The first-order valence-corrected chi connectivity index (χ1v) is 9.26. The molecule has 1 aliphatic rings. The fraction of sp³-hybridized carbons (Fsp3) is 0.364.